The number of rotatable bonds is 9. The Morgan fingerprint density at radius 2 is 1.68 bits per heavy atom. The molecule has 0 amide bonds. The predicted octanol–water partition coefficient (Wildman–Crippen LogP) is 7.44. The molecule has 5 aromatic rings. The summed E-state index contributed by atoms with van der Waals surface area (Å²) < 4.78 is 13.4. The van der Waals surface area contributed by atoms with Crippen molar-refractivity contribution in [3.8, 4) is 33.9 Å². The van der Waals surface area contributed by atoms with Crippen LogP contribution in [0, 0.1) is 0 Å². The number of nitrogens with zero attached hydrogens (tertiary/aromatic N) is 2. The Labute approximate surface area is 241 Å². The fraction of sp³-hybridized carbons (Fsp3) is 0.0968. The minimum absolute atomic E-state index is 0.202. The first-order chi connectivity index (χ1) is 19.3. The van der Waals surface area contributed by atoms with Crippen LogP contribution in [0.15, 0.2) is 91.1 Å². The van der Waals surface area contributed by atoms with E-state index in [9.17, 15) is 9.90 Å². The summed E-state index contributed by atoms with van der Waals surface area (Å²) in [5.74, 6) is 1.01. The predicted molar refractivity (Wildman–Crippen MR) is 157 cm³/mol. The van der Waals surface area contributed by atoms with Crippen LogP contribution in [0.5, 0.6) is 11.5 Å². The summed E-state index contributed by atoms with van der Waals surface area (Å²) in [6, 6.07) is 25.4. The number of aromatic carboxylic acids is 1. The minimum Gasteiger partial charge on any atom is -0.495 e. The molecule has 1 aromatic heterocycles. The molecule has 4 aromatic carbocycles. The highest BCUT2D eigenvalue weighted by Gasteiger charge is 2.14. The van der Waals surface area contributed by atoms with E-state index in [0.717, 1.165) is 22.3 Å². The zero-order valence-electron chi connectivity index (χ0n) is 21.5. The molecule has 0 spiro atoms. The van der Waals surface area contributed by atoms with E-state index < -0.39 is 5.97 Å². The number of hydrogen-bond donors (Lipinski definition) is 2. The maximum Gasteiger partial charge on any atom is 0.335 e. The number of hydrogen-bond acceptors (Lipinski definition) is 5. The number of carbonyl (C=O) groups is 1. The third-order valence-corrected chi connectivity index (χ3v) is 6.96. The van der Waals surface area contributed by atoms with E-state index in [1.807, 2.05) is 59.3 Å². The number of imidazole rings is 1. The lowest BCUT2D eigenvalue weighted by atomic mass is 10.0. The van der Waals surface area contributed by atoms with Gasteiger partial charge < -0.3 is 24.9 Å². The van der Waals surface area contributed by atoms with Crippen molar-refractivity contribution in [3.05, 3.63) is 118 Å². The fourth-order valence-electron chi connectivity index (χ4n) is 4.26. The lowest BCUT2D eigenvalue weighted by molar-refractivity contribution is 0.0697. The second-order valence-corrected chi connectivity index (χ2v) is 9.91. The number of aromatic nitrogens is 2. The van der Waals surface area contributed by atoms with Crippen LogP contribution < -0.4 is 15.2 Å². The molecule has 5 rings (SSSR count). The van der Waals surface area contributed by atoms with Crippen molar-refractivity contribution in [2.24, 2.45) is 0 Å². The van der Waals surface area contributed by atoms with E-state index in [-0.39, 0.29) is 12.2 Å². The smallest absolute Gasteiger partial charge is 0.335 e. The number of ether oxygens (including phenoxy) is 2. The maximum absolute atomic E-state index is 11.2. The van der Waals surface area contributed by atoms with Gasteiger partial charge in [-0.2, -0.15) is 0 Å². The second kappa shape index (κ2) is 11.7. The van der Waals surface area contributed by atoms with E-state index in [2.05, 4.69) is 0 Å². The Morgan fingerprint density at radius 3 is 2.35 bits per heavy atom. The fourth-order valence-corrected chi connectivity index (χ4v) is 4.77. The molecule has 0 bridgehead atoms. The van der Waals surface area contributed by atoms with Gasteiger partial charge in [0.05, 0.1) is 29.1 Å². The number of nitrogen functional groups attached to an aromatic ring is 1. The van der Waals surface area contributed by atoms with Crippen LogP contribution in [-0.4, -0.2) is 27.7 Å². The topological polar surface area (TPSA) is 99.6 Å². The molecular formula is C31H25Cl2N3O4. The van der Waals surface area contributed by atoms with Crippen LogP contribution in [0.1, 0.15) is 21.7 Å². The van der Waals surface area contributed by atoms with E-state index in [0.29, 0.717) is 45.3 Å². The highest BCUT2D eigenvalue weighted by Crippen LogP contribution is 2.32. The Kier molecular flexibility index (Phi) is 7.96. The zero-order chi connectivity index (χ0) is 28.2. The van der Waals surface area contributed by atoms with Crippen LogP contribution >= 0.6 is 23.2 Å². The van der Waals surface area contributed by atoms with Crippen molar-refractivity contribution < 1.29 is 19.4 Å². The van der Waals surface area contributed by atoms with Crippen LogP contribution in [0.2, 0.25) is 10.0 Å². The maximum atomic E-state index is 11.2. The van der Waals surface area contributed by atoms with Gasteiger partial charge in [0.15, 0.2) is 0 Å². The van der Waals surface area contributed by atoms with Crippen molar-refractivity contribution in [3.63, 3.8) is 0 Å². The van der Waals surface area contributed by atoms with Gasteiger partial charge in [0.1, 0.15) is 23.9 Å². The van der Waals surface area contributed by atoms with Gasteiger partial charge in [0, 0.05) is 23.3 Å². The summed E-state index contributed by atoms with van der Waals surface area (Å²) in [6.07, 6.45) is 1.90. The average Bonchev–Trinajstić information content (AvgIpc) is 3.34. The van der Waals surface area contributed by atoms with Gasteiger partial charge >= 0.3 is 5.97 Å². The lowest BCUT2D eigenvalue weighted by Gasteiger charge is -2.11. The molecular weight excluding hydrogens is 549 g/mol. The van der Waals surface area contributed by atoms with Gasteiger partial charge in [-0.3, -0.25) is 0 Å². The van der Waals surface area contributed by atoms with Gasteiger partial charge in [0.25, 0.3) is 0 Å². The van der Waals surface area contributed by atoms with Crippen molar-refractivity contribution in [2.45, 2.75) is 13.2 Å². The Balaban J connectivity index is 1.39. The standard InChI is InChI=1S/C31H25Cl2N3O4/c1-39-29-14-22(8-13-27(29)34)20-6-10-24(11-7-20)40-18-30-35-28(25-12-9-23(32)15-26(25)33)17-36(30)16-19-2-4-21(5-3-19)31(37)38/h2-15,17H,16,18,34H2,1H3,(H,37,38). The first kappa shape index (κ1) is 27.1. The van der Waals surface area contributed by atoms with Gasteiger partial charge in [-0.1, -0.05) is 53.5 Å². The Bertz CT molecular complexity index is 1670. The Morgan fingerprint density at radius 1 is 0.950 bits per heavy atom. The number of carboxylic acids is 1. The Hall–Kier alpha value is -4.46. The third kappa shape index (κ3) is 6.06. The van der Waals surface area contributed by atoms with Crippen molar-refractivity contribution in [1.29, 1.82) is 0 Å². The average molecular weight is 574 g/mol. The van der Waals surface area contributed by atoms with E-state index in [1.54, 1.807) is 43.5 Å². The van der Waals surface area contributed by atoms with Crippen LogP contribution in [0.3, 0.4) is 0 Å². The summed E-state index contributed by atoms with van der Waals surface area (Å²) in [7, 11) is 1.59. The van der Waals surface area contributed by atoms with E-state index in [4.69, 9.17) is 43.4 Å². The second-order valence-electron chi connectivity index (χ2n) is 9.07. The van der Waals surface area contributed by atoms with Crippen LogP contribution in [0.4, 0.5) is 5.69 Å². The summed E-state index contributed by atoms with van der Waals surface area (Å²) in [5.41, 5.74) is 11.1. The molecule has 202 valence electrons. The molecule has 0 aliphatic rings. The van der Waals surface area contributed by atoms with Gasteiger partial charge in [-0.25, -0.2) is 9.78 Å². The normalized spacial score (nSPS) is 10.9. The molecule has 7 nitrogen and oxygen atoms in total. The molecule has 0 aliphatic heterocycles. The monoisotopic (exact) mass is 573 g/mol. The SMILES string of the molecule is COc1cc(-c2ccc(OCc3nc(-c4ccc(Cl)cc4Cl)cn3Cc3ccc(C(=O)O)cc3)cc2)ccc1N. The summed E-state index contributed by atoms with van der Waals surface area (Å²) >= 11 is 12.6. The number of benzene rings is 4. The van der Waals surface area contributed by atoms with Crippen LogP contribution in [0.25, 0.3) is 22.4 Å². The minimum atomic E-state index is -0.968. The third-order valence-electron chi connectivity index (χ3n) is 6.41. The number of methoxy groups -OCH3 is 1. The summed E-state index contributed by atoms with van der Waals surface area (Å²) in [4.78, 5) is 16.1. The zero-order valence-corrected chi connectivity index (χ0v) is 23.0. The van der Waals surface area contributed by atoms with Gasteiger partial charge in [-0.05, 0) is 71.3 Å². The largest absolute Gasteiger partial charge is 0.495 e. The molecule has 0 aliphatic carbocycles. The van der Waals surface area contributed by atoms with Crippen molar-refractivity contribution in [1.82, 2.24) is 9.55 Å². The number of nitrogens with two attached hydrogens (primary N) is 1. The first-order valence-corrected chi connectivity index (χ1v) is 13.1. The highest BCUT2D eigenvalue weighted by molar-refractivity contribution is 6.36. The lowest BCUT2D eigenvalue weighted by Crippen LogP contribution is -2.08. The van der Waals surface area contributed by atoms with Gasteiger partial charge in [0.2, 0.25) is 0 Å². The molecule has 3 N–H and O–H groups in total. The highest BCUT2D eigenvalue weighted by atomic mass is 35.5. The van der Waals surface area contributed by atoms with Gasteiger partial charge in [-0.15, -0.1) is 0 Å². The number of anilines is 1. The molecule has 0 fully saturated rings. The molecule has 0 atom stereocenters. The molecule has 0 saturated heterocycles. The summed E-state index contributed by atoms with van der Waals surface area (Å²) in [5, 5.41) is 10.2. The molecule has 40 heavy (non-hydrogen) atoms. The van der Waals surface area contributed by atoms with Crippen molar-refractivity contribution >= 4 is 34.9 Å². The molecule has 0 saturated carbocycles. The molecule has 1 heterocycles. The van der Waals surface area contributed by atoms with Crippen LogP contribution in [-0.2, 0) is 13.2 Å². The first-order valence-electron chi connectivity index (χ1n) is 12.3. The molecule has 9 heteroatoms. The van der Waals surface area contributed by atoms with E-state index in [1.165, 1.54) is 0 Å². The molecule has 0 unspecified atom stereocenters. The molecule has 0 radical (unpaired) electrons. The number of carboxylic acid groups (broad SMARTS) is 1. The van der Waals surface area contributed by atoms with E-state index >= 15 is 0 Å². The quantitative estimate of drug-likeness (QED) is 0.178. The van der Waals surface area contributed by atoms with Crippen molar-refractivity contribution in [2.75, 3.05) is 12.8 Å². The summed E-state index contributed by atoms with van der Waals surface area (Å²) in [6.45, 7) is 0.669. The number of halogens is 2.